The Kier molecular flexibility index (Phi) is 2.88. The smallest absolute Gasteiger partial charge is 0.0582 e. The topological polar surface area (TPSA) is 66.2 Å². The molecule has 0 aromatic carbocycles. The van der Waals surface area contributed by atoms with Gasteiger partial charge < -0.3 is 15.6 Å². The number of hydrogen-bond donors (Lipinski definition) is 1. The van der Waals surface area contributed by atoms with Crippen molar-refractivity contribution in [2.75, 3.05) is 0 Å². The van der Waals surface area contributed by atoms with Gasteiger partial charge >= 0.3 is 0 Å². The molecule has 3 heteroatoms. The Labute approximate surface area is 66.6 Å². The van der Waals surface area contributed by atoms with E-state index in [-0.39, 0.29) is 0 Å². The summed E-state index contributed by atoms with van der Waals surface area (Å²) in [5.41, 5.74) is 5.33. The van der Waals surface area contributed by atoms with Gasteiger partial charge in [-0.25, -0.2) is 0 Å². The summed E-state index contributed by atoms with van der Waals surface area (Å²) in [5, 5.41) is 10.3. The van der Waals surface area contributed by atoms with E-state index in [4.69, 9.17) is 5.73 Å². The van der Waals surface area contributed by atoms with Crippen LogP contribution >= 0.6 is 0 Å². The fourth-order valence-corrected chi connectivity index (χ4v) is 1.70. The first-order valence-corrected chi connectivity index (χ1v) is 4.16. The maximum atomic E-state index is 10.3. The van der Waals surface area contributed by atoms with Crippen molar-refractivity contribution in [1.29, 1.82) is 0 Å². The first-order valence-electron chi connectivity index (χ1n) is 4.16. The summed E-state index contributed by atoms with van der Waals surface area (Å²) in [7, 11) is 0. The number of hydrogen-bond acceptors (Lipinski definition) is 3. The van der Waals surface area contributed by atoms with E-state index < -0.39 is 12.0 Å². The zero-order chi connectivity index (χ0) is 8.27. The molecule has 1 aliphatic rings. The van der Waals surface area contributed by atoms with E-state index in [2.05, 4.69) is 0 Å². The highest BCUT2D eigenvalue weighted by Crippen LogP contribution is 2.27. The zero-order valence-corrected chi connectivity index (χ0v) is 6.58. The van der Waals surface area contributed by atoms with Crippen LogP contribution in [0.4, 0.5) is 0 Å². The highest BCUT2D eigenvalue weighted by atomic mass is 16.4. The molecule has 0 unspecified atom stereocenters. The van der Waals surface area contributed by atoms with Gasteiger partial charge in [0.15, 0.2) is 0 Å². The van der Waals surface area contributed by atoms with E-state index in [0.29, 0.717) is 12.3 Å². The van der Waals surface area contributed by atoms with Gasteiger partial charge in [-0.1, -0.05) is 25.7 Å². The first-order chi connectivity index (χ1) is 5.20. The Morgan fingerprint density at radius 2 is 2.09 bits per heavy atom. The number of nitrogens with two attached hydrogens (primary N) is 1. The molecule has 0 spiro atoms. The van der Waals surface area contributed by atoms with Crippen molar-refractivity contribution >= 4 is 5.97 Å². The third kappa shape index (κ3) is 2.50. The van der Waals surface area contributed by atoms with E-state index >= 15 is 0 Å². The lowest BCUT2D eigenvalue weighted by Gasteiger charge is -2.16. The number of carboxylic acids is 1. The normalized spacial score (nSPS) is 21.9. The van der Waals surface area contributed by atoms with Gasteiger partial charge in [-0.15, -0.1) is 0 Å². The summed E-state index contributed by atoms with van der Waals surface area (Å²) >= 11 is 0. The zero-order valence-electron chi connectivity index (χ0n) is 6.58. The van der Waals surface area contributed by atoms with E-state index in [9.17, 15) is 9.90 Å². The van der Waals surface area contributed by atoms with E-state index in [1.807, 2.05) is 0 Å². The van der Waals surface area contributed by atoms with Crippen LogP contribution in [-0.4, -0.2) is 12.0 Å². The van der Waals surface area contributed by atoms with Crippen molar-refractivity contribution in [3.63, 3.8) is 0 Å². The van der Waals surface area contributed by atoms with Gasteiger partial charge in [0.05, 0.1) is 5.97 Å². The standard InChI is InChI=1S/C8H15NO2/c9-7(8(10)11)5-6-3-1-2-4-6/h6-7H,1-5,9H2,(H,10,11)/p-1/t7-/m0/s1. The molecule has 0 aliphatic heterocycles. The van der Waals surface area contributed by atoms with Crippen LogP contribution in [0.1, 0.15) is 32.1 Å². The van der Waals surface area contributed by atoms with E-state index in [0.717, 1.165) is 12.8 Å². The van der Waals surface area contributed by atoms with Crippen LogP contribution in [0.3, 0.4) is 0 Å². The Morgan fingerprint density at radius 1 is 1.55 bits per heavy atom. The molecule has 1 rings (SSSR count). The molecular weight excluding hydrogens is 142 g/mol. The van der Waals surface area contributed by atoms with Gasteiger partial charge in [-0.3, -0.25) is 0 Å². The van der Waals surface area contributed by atoms with Crippen LogP contribution in [0.15, 0.2) is 0 Å². The third-order valence-corrected chi connectivity index (χ3v) is 2.36. The van der Waals surface area contributed by atoms with Gasteiger partial charge in [0.2, 0.25) is 0 Å². The fourth-order valence-electron chi connectivity index (χ4n) is 1.70. The lowest BCUT2D eigenvalue weighted by Crippen LogP contribution is -2.42. The molecule has 64 valence electrons. The quantitative estimate of drug-likeness (QED) is 0.607. The number of rotatable bonds is 3. The molecule has 0 aromatic rings. The molecule has 2 N–H and O–H groups in total. The Morgan fingerprint density at radius 3 is 2.55 bits per heavy atom. The third-order valence-electron chi connectivity index (χ3n) is 2.36. The second-order valence-corrected chi connectivity index (χ2v) is 3.31. The number of carbonyl (C=O) groups is 1. The minimum absolute atomic E-state index is 0.530. The SMILES string of the molecule is N[C@@H](CC1CCCC1)C(=O)[O-]. The molecule has 0 aromatic heterocycles. The van der Waals surface area contributed by atoms with Crippen molar-refractivity contribution in [2.24, 2.45) is 11.7 Å². The average molecular weight is 156 g/mol. The van der Waals surface area contributed by atoms with Crippen molar-refractivity contribution in [3.8, 4) is 0 Å². The lowest BCUT2D eigenvalue weighted by molar-refractivity contribution is -0.307. The summed E-state index contributed by atoms with van der Waals surface area (Å²) < 4.78 is 0. The fraction of sp³-hybridized carbons (Fsp3) is 0.875. The Balaban J connectivity index is 2.23. The van der Waals surface area contributed by atoms with Crippen LogP contribution in [0.5, 0.6) is 0 Å². The molecule has 1 fully saturated rings. The molecule has 0 amide bonds. The summed E-state index contributed by atoms with van der Waals surface area (Å²) in [4.78, 5) is 10.3. The molecule has 0 saturated heterocycles. The molecule has 3 nitrogen and oxygen atoms in total. The molecule has 1 atom stereocenters. The van der Waals surface area contributed by atoms with Gasteiger partial charge in [0.1, 0.15) is 0 Å². The average Bonchev–Trinajstić information content (AvgIpc) is 2.39. The van der Waals surface area contributed by atoms with Gasteiger partial charge in [0, 0.05) is 6.04 Å². The summed E-state index contributed by atoms with van der Waals surface area (Å²) in [6, 6.07) is -0.752. The second kappa shape index (κ2) is 3.72. The van der Waals surface area contributed by atoms with Gasteiger partial charge in [0.25, 0.3) is 0 Å². The molecule has 11 heavy (non-hydrogen) atoms. The number of aliphatic carboxylic acids is 1. The van der Waals surface area contributed by atoms with Crippen LogP contribution < -0.4 is 10.8 Å². The largest absolute Gasteiger partial charge is 0.548 e. The van der Waals surface area contributed by atoms with E-state index in [1.165, 1.54) is 12.8 Å². The predicted molar refractivity (Wildman–Crippen MR) is 39.6 cm³/mol. The molecule has 0 radical (unpaired) electrons. The highest BCUT2D eigenvalue weighted by Gasteiger charge is 2.18. The summed E-state index contributed by atoms with van der Waals surface area (Å²) in [6.07, 6.45) is 5.33. The Hall–Kier alpha value is -0.570. The molecule has 0 bridgehead atoms. The molecule has 1 aliphatic carbocycles. The minimum atomic E-state index is -1.11. The molecular formula is C8H14NO2-. The van der Waals surface area contributed by atoms with Crippen molar-refractivity contribution in [2.45, 2.75) is 38.1 Å². The van der Waals surface area contributed by atoms with Crippen LogP contribution in [-0.2, 0) is 4.79 Å². The summed E-state index contributed by atoms with van der Waals surface area (Å²) in [5.74, 6) is -0.584. The lowest BCUT2D eigenvalue weighted by atomic mass is 9.99. The Bertz CT molecular complexity index is 141. The minimum Gasteiger partial charge on any atom is -0.548 e. The van der Waals surface area contributed by atoms with Crippen LogP contribution in [0.2, 0.25) is 0 Å². The van der Waals surface area contributed by atoms with Crippen LogP contribution in [0, 0.1) is 5.92 Å². The monoisotopic (exact) mass is 156 g/mol. The molecule has 1 saturated carbocycles. The van der Waals surface area contributed by atoms with Crippen molar-refractivity contribution in [3.05, 3.63) is 0 Å². The van der Waals surface area contributed by atoms with Gasteiger partial charge in [-0.05, 0) is 12.3 Å². The van der Waals surface area contributed by atoms with Crippen LogP contribution in [0.25, 0.3) is 0 Å². The summed E-state index contributed by atoms with van der Waals surface area (Å²) in [6.45, 7) is 0. The number of carboxylic acid groups (broad SMARTS) is 1. The van der Waals surface area contributed by atoms with Crippen molar-refractivity contribution in [1.82, 2.24) is 0 Å². The first kappa shape index (κ1) is 8.53. The molecule has 0 heterocycles. The highest BCUT2D eigenvalue weighted by molar-refractivity contribution is 5.70. The number of carbonyl (C=O) groups excluding carboxylic acids is 1. The van der Waals surface area contributed by atoms with E-state index in [1.54, 1.807) is 0 Å². The van der Waals surface area contributed by atoms with Gasteiger partial charge in [-0.2, -0.15) is 0 Å². The predicted octanol–water partition coefficient (Wildman–Crippen LogP) is -0.356. The van der Waals surface area contributed by atoms with Crippen molar-refractivity contribution < 1.29 is 9.90 Å². The maximum absolute atomic E-state index is 10.3. The second-order valence-electron chi connectivity index (χ2n) is 3.31. The maximum Gasteiger partial charge on any atom is 0.0582 e.